The number of halogens is 1. The fraction of sp³-hybridized carbons (Fsp3) is 0.286. The van der Waals surface area contributed by atoms with Crippen LogP contribution in [0.1, 0.15) is 0 Å². The van der Waals surface area contributed by atoms with E-state index in [9.17, 15) is 0 Å². The van der Waals surface area contributed by atoms with Crippen molar-refractivity contribution in [3.63, 3.8) is 0 Å². The molecule has 0 aliphatic heterocycles. The van der Waals surface area contributed by atoms with E-state index in [1.807, 2.05) is 12.1 Å². The number of ether oxygens (including phenoxy) is 1. The Morgan fingerprint density at radius 3 is 3.00 bits per heavy atom. The molecule has 0 spiro atoms. The lowest BCUT2D eigenvalue weighted by Gasteiger charge is -2.01. The first-order chi connectivity index (χ1) is 5.33. The summed E-state index contributed by atoms with van der Waals surface area (Å²) < 4.78 is 5.94. The molecule has 1 aromatic heterocycles. The summed E-state index contributed by atoms with van der Waals surface area (Å²) in [5, 5.41) is 0. The van der Waals surface area contributed by atoms with Crippen LogP contribution in [0.3, 0.4) is 0 Å². The van der Waals surface area contributed by atoms with Crippen LogP contribution in [-0.2, 0) is 0 Å². The van der Waals surface area contributed by atoms with Gasteiger partial charge in [0.1, 0.15) is 11.2 Å². The van der Waals surface area contributed by atoms with Crippen LogP contribution < -0.4 is 10.5 Å². The van der Waals surface area contributed by atoms with Gasteiger partial charge in [-0.1, -0.05) is 6.07 Å². The predicted molar refractivity (Wildman–Crippen MR) is 46.5 cm³/mol. The zero-order valence-electron chi connectivity index (χ0n) is 5.96. The fourth-order valence-electron chi connectivity index (χ4n) is 0.634. The minimum Gasteiger partial charge on any atom is -0.476 e. The number of pyridine rings is 1. The van der Waals surface area contributed by atoms with Gasteiger partial charge in [0, 0.05) is 12.6 Å². The van der Waals surface area contributed by atoms with Crippen LogP contribution in [0.2, 0.25) is 0 Å². The molecule has 1 heterocycles. The van der Waals surface area contributed by atoms with Crippen molar-refractivity contribution in [2.45, 2.75) is 0 Å². The first-order valence-electron chi connectivity index (χ1n) is 3.28. The molecule has 0 radical (unpaired) electrons. The van der Waals surface area contributed by atoms with Gasteiger partial charge >= 0.3 is 0 Å². The molecule has 0 atom stereocenters. The standard InChI is InChI=1S/C7H9BrN2O/c8-6-2-1-3-7(10-6)11-5-4-9/h1-3H,4-5,9H2. The van der Waals surface area contributed by atoms with E-state index in [0.717, 1.165) is 4.60 Å². The molecule has 0 fully saturated rings. The van der Waals surface area contributed by atoms with Gasteiger partial charge in [0.15, 0.2) is 0 Å². The fourth-order valence-corrected chi connectivity index (χ4v) is 0.961. The zero-order chi connectivity index (χ0) is 8.10. The van der Waals surface area contributed by atoms with Crippen molar-refractivity contribution in [3.05, 3.63) is 22.8 Å². The lowest BCUT2D eigenvalue weighted by atomic mass is 10.5. The maximum atomic E-state index is 5.25. The van der Waals surface area contributed by atoms with Gasteiger partial charge in [-0.3, -0.25) is 0 Å². The molecule has 1 aromatic rings. The van der Waals surface area contributed by atoms with Gasteiger partial charge in [-0.25, -0.2) is 4.98 Å². The van der Waals surface area contributed by atoms with Crippen molar-refractivity contribution in [1.29, 1.82) is 0 Å². The second-order valence-corrected chi connectivity index (χ2v) is 2.75. The summed E-state index contributed by atoms with van der Waals surface area (Å²) in [5.41, 5.74) is 5.25. The Morgan fingerprint density at radius 1 is 1.55 bits per heavy atom. The molecular weight excluding hydrogens is 208 g/mol. The zero-order valence-corrected chi connectivity index (χ0v) is 7.54. The molecule has 0 amide bonds. The van der Waals surface area contributed by atoms with E-state index in [-0.39, 0.29) is 0 Å². The third-order valence-electron chi connectivity index (χ3n) is 1.06. The summed E-state index contributed by atoms with van der Waals surface area (Å²) in [4.78, 5) is 4.05. The van der Waals surface area contributed by atoms with E-state index in [0.29, 0.717) is 19.0 Å². The van der Waals surface area contributed by atoms with Gasteiger partial charge in [0.2, 0.25) is 5.88 Å². The highest BCUT2D eigenvalue weighted by Crippen LogP contribution is 2.11. The van der Waals surface area contributed by atoms with Crippen LogP contribution in [0.15, 0.2) is 22.8 Å². The largest absolute Gasteiger partial charge is 0.476 e. The Bertz CT molecular complexity index is 229. The van der Waals surface area contributed by atoms with Crippen LogP contribution in [0, 0.1) is 0 Å². The van der Waals surface area contributed by atoms with Crippen LogP contribution >= 0.6 is 15.9 Å². The van der Waals surface area contributed by atoms with E-state index in [4.69, 9.17) is 10.5 Å². The van der Waals surface area contributed by atoms with Crippen molar-refractivity contribution in [2.24, 2.45) is 5.73 Å². The van der Waals surface area contributed by atoms with E-state index in [2.05, 4.69) is 20.9 Å². The van der Waals surface area contributed by atoms with E-state index >= 15 is 0 Å². The first kappa shape index (κ1) is 8.49. The molecule has 2 N–H and O–H groups in total. The molecule has 1 rings (SSSR count). The van der Waals surface area contributed by atoms with Gasteiger partial charge in [-0.2, -0.15) is 0 Å². The molecule has 11 heavy (non-hydrogen) atoms. The van der Waals surface area contributed by atoms with Crippen molar-refractivity contribution in [1.82, 2.24) is 4.98 Å². The second kappa shape index (κ2) is 4.31. The summed E-state index contributed by atoms with van der Waals surface area (Å²) in [5.74, 6) is 0.602. The van der Waals surface area contributed by atoms with Crippen molar-refractivity contribution in [3.8, 4) is 5.88 Å². The molecule has 0 aliphatic carbocycles. The molecular formula is C7H9BrN2O. The van der Waals surface area contributed by atoms with Crippen LogP contribution in [0.5, 0.6) is 5.88 Å². The first-order valence-corrected chi connectivity index (χ1v) is 4.07. The summed E-state index contributed by atoms with van der Waals surface area (Å²) in [7, 11) is 0. The molecule has 0 aromatic carbocycles. The number of hydrogen-bond donors (Lipinski definition) is 1. The van der Waals surface area contributed by atoms with Crippen molar-refractivity contribution < 1.29 is 4.74 Å². The molecule has 0 unspecified atom stereocenters. The Balaban J connectivity index is 2.56. The van der Waals surface area contributed by atoms with Gasteiger partial charge < -0.3 is 10.5 Å². The summed E-state index contributed by atoms with van der Waals surface area (Å²) in [6.45, 7) is 1.01. The van der Waals surface area contributed by atoms with Gasteiger partial charge in [-0.05, 0) is 22.0 Å². The molecule has 0 aliphatic rings. The lowest BCUT2D eigenvalue weighted by Crippen LogP contribution is -2.11. The number of nitrogens with two attached hydrogens (primary N) is 1. The number of nitrogens with zero attached hydrogens (tertiary/aromatic N) is 1. The average Bonchev–Trinajstić information content (AvgIpc) is 2.01. The lowest BCUT2D eigenvalue weighted by molar-refractivity contribution is 0.315. The molecule has 4 heteroatoms. The highest BCUT2D eigenvalue weighted by molar-refractivity contribution is 9.10. The monoisotopic (exact) mass is 216 g/mol. The SMILES string of the molecule is NCCOc1cccc(Br)n1. The highest BCUT2D eigenvalue weighted by Gasteiger charge is 1.93. The third-order valence-corrected chi connectivity index (χ3v) is 1.50. The van der Waals surface area contributed by atoms with Gasteiger partial charge in [0.25, 0.3) is 0 Å². The average molecular weight is 217 g/mol. The van der Waals surface area contributed by atoms with Crippen LogP contribution in [0.4, 0.5) is 0 Å². The topological polar surface area (TPSA) is 48.1 Å². The van der Waals surface area contributed by atoms with E-state index in [1.54, 1.807) is 6.07 Å². The number of rotatable bonds is 3. The maximum absolute atomic E-state index is 5.25. The number of hydrogen-bond acceptors (Lipinski definition) is 3. The minimum absolute atomic E-state index is 0.503. The Hall–Kier alpha value is -0.610. The van der Waals surface area contributed by atoms with E-state index in [1.165, 1.54) is 0 Å². The van der Waals surface area contributed by atoms with Crippen molar-refractivity contribution in [2.75, 3.05) is 13.2 Å². The molecule has 60 valence electrons. The molecule has 3 nitrogen and oxygen atoms in total. The summed E-state index contributed by atoms with van der Waals surface area (Å²) in [6.07, 6.45) is 0. The molecule has 0 bridgehead atoms. The van der Waals surface area contributed by atoms with Gasteiger partial charge in [-0.15, -0.1) is 0 Å². The van der Waals surface area contributed by atoms with E-state index < -0.39 is 0 Å². The second-order valence-electron chi connectivity index (χ2n) is 1.94. The molecule has 0 saturated carbocycles. The summed E-state index contributed by atoms with van der Waals surface area (Å²) in [6, 6.07) is 5.50. The number of aromatic nitrogens is 1. The maximum Gasteiger partial charge on any atom is 0.214 e. The Kier molecular flexibility index (Phi) is 3.32. The Labute approximate surface area is 73.7 Å². The van der Waals surface area contributed by atoms with Crippen LogP contribution in [-0.4, -0.2) is 18.1 Å². The third kappa shape index (κ3) is 2.86. The van der Waals surface area contributed by atoms with Gasteiger partial charge in [0.05, 0.1) is 0 Å². The normalized spacial score (nSPS) is 9.64. The highest BCUT2D eigenvalue weighted by atomic mass is 79.9. The quantitative estimate of drug-likeness (QED) is 0.773. The van der Waals surface area contributed by atoms with Crippen LogP contribution in [0.25, 0.3) is 0 Å². The Morgan fingerprint density at radius 2 is 2.36 bits per heavy atom. The predicted octanol–water partition coefficient (Wildman–Crippen LogP) is 1.18. The summed E-state index contributed by atoms with van der Waals surface area (Å²) >= 11 is 3.23. The van der Waals surface area contributed by atoms with Crippen molar-refractivity contribution >= 4 is 15.9 Å². The smallest absolute Gasteiger partial charge is 0.214 e. The molecule has 0 saturated heterocycles. The minimum atomic E-state index is 0.503.